The highest BCUT2D eigenvalue weighted by Gasteiger charge is 2.12. The molecule has 0 fully saturated rings. The highest BCUT2D eigenvalue weighted by Crippen LogP contribution is 2.23. The van der Waals surface area contributed by atoms with Gasteiger partial charge >= 0.3 is 0 Å². The van der Waals surface area contributed by atoms with Gasteiger partial charge in [0.1, 0.15) is 18.2 Å². The topological polar surface area (TPSA) is 66.0 Å². The Morgan fingerprint density at radius 1 is 1.00 bits per heavy atom. The highest BCUT2D eigenvalue weighted by atomic mass is 16.5. The SMILES string of the molecule is Cc1nnc(-c2ccccc2)n1-c1ccc(OCCN)cc1. The molecular formula is C17H18N4O. The zero-order valence-electron chi connectivity index (χ0n) is 12.4. The molecule has 0 aliphatic carbocycles. The third-order valence-corrected chi connectivity index (χ3v) is 3.34. The molecule has 3 rings (SSSR count). The molecule has 112 valence electrons. The van der Waals surface area contributed by atoms with Gasteiger partial charge in [-0.2, -0.15) is 0 Å². The third kappa shape index (κ3) is 2.84. The van der Waals surface area contributed by atoms with Crippen LogP contribution in [0.3, 0.4) is 0 Å². The first kappa shape index (κ1) is 14.3. The fourth-order valence-electron chi connectivity index (χ4n) is 2.31. The summed E-state index contributed by atoms with van der Waals surface area (Å²) in [5.41, 5.74) is 7.48. The molecule has 3 aromatic rings. The van der Waals surface area contributed by atoms with Crippen LogP contribution in [0.15, 0.2) is 54.6 Å². The monoisotopic (exact) mass is 294 g/mol. The van der Waals surface area contributed by atoms with Gasteiger partial charge in [-0.1, -0.05) is 30.3 Å². The summed E-state index contributed by atoms with van der Waals surface area (Å²) in [6.07, 6.45) is 0. The molecule has 2 aromatic carbocycles. The molecule has 0 atom stereocenters. The van der Waals surface area contributed by atoms with Gasteiger partial charge in [-0.25, -0.2) is 0 Å². The summed E-state index contributed by atoms with van der Waals surface area (Å²) in [7, 11) is 0. The Hall–Kier alpha value is -2.66. The standard InChI is InChI=1S/C17H18N4O/c1-13-19-20-17(14-5-3-2-4-6-14)21(13)15-7-9-16(10-8-15)22-12-11-18/h2-10H,11-12,18H2,1H3. The van der Waals surface area contributed by atoms with Gasteiger partial charge in [0.15, 0.2) is 5.82 Å². The van der Waals surface area contributed by atoms with Crippen LogP contribution in [0.5, 0.6) is 5.75 Å². The molecule has 0 unspecified atom stereocenters. The first-order chi connectivity index (χ1) is 10.8. The highest BCUT2D eigenvalue weighted by molar-refractivity contribution is 5.58. The van der Waals surface area contributed by atoms with Crippen molar-refractivity contribution in [3.05, 3.63) is 60.4 Å². The Morgan fingerprint density at radius 3 is 2.41 bits per heavy atom. The lowest BCUT2D eigenvalue weighted by atomic mass is 10.2. The average Bonchev–Trinajstić information content (AvgIpc) is 2.96. The minimum Gasteiger partial charge on any atom is -0.492 e. The molecule has 0 aliphatic heterocycles. The van der Waals surface area contributed by atoms with E-state index in [1.165, 1.54) is 0 Å². The van der Waals surface area contributed by atoms with Gasteiger partial charge < -0.3 is 10.5 Å². The van der Waals surface area contributed by atoms with E-state index in [2.05, 4.69) is 10.2 Å². The van der Waals surface area contributed by atoms with Crippen LogP contribution in [0.4, 0.5) is 0 Å². The average molecular weight is 294 g/mol. The van der Waals surface area contributed by atoms with Crippen LogP contribution in [0.25, 0.3) is 17.1 Å². The second kappa shape index (κ2) is 6.41. The number of nitrogens with two attached hydrogens (primary N) is 1. The molecule has 22 heavy (non-hydrogen) atoms. The minimum absolute atomic E-state index is 0.504. The van der Waals surface area contributed by atoms with Crippen LogP contribution in [-0.2, 0) is 0 Å². The fourth-order valence-corrected chi connectivity index (χ4v) is 2.31. The largest absolute Gasteiger partial charge is 0.492 e. The maximum atomic E-state index is 5.51. The van der Waals surface area contributed by atoms with Crippen LogP contribution in [0, 0.1) is 6.92 Å². The first-order valence-corrected chi connectivity index (χ1v) is 7.20. The lowest BCUT2D eigenvalue weighted by Crippen LogP contribution is -2.10. The molecule has 0 bridgehead atoms. The smallest absolute Gasteiger partial charge is 0.168 e. The van der Waals surface area contributed by atoms with Gasteiger partial charge in [-0.05, 0) is 31.2 Å². The van der Waals surface area contributed by atoms with Crippen molar-refractivity contribution in [1.29, 1.82) is 0 Å². The van der Waals surface area contributed by atoms with Crippen LogP contribution >= 0.6 is 0 Å². The summed E-state index contributed by atoms with van der Waals surface area (Å²) in [6.45, 7) is 2.96. The molecule has 5 nitrogen and oxygen atoms in total. The maximum absolute atomic E-state index is 5.51. The van der Waals surface area contributed by atoms with Crippen molar-refractivity contribution in [2.24, 2.45) is 5.73 Å². The van der Waals surface area contributed by atoms with Crippen molar-refractivity contribution in [2.75, 3.05) is 13.2 Å². The molecule has 5 heteroatoms. The Morgan fingerprint density at radius 2 is 1.73 bits per heavy atom. The van der Waals surface area contributed by atoms with Crippen molar-refractivity contribution in [3.8, 4) is 22.8 Å². The quantitative estimate of drug-likeness (QED) is 0.785. The van der Waals surface area contributed by atoms with Gasteiger partial charge in [0, 0.05) is 17.8 Å². The number of aromatic nitrogens is 3. The number of nitrogens with zero attached hydrogens (tertiary/aromatic N) is 3. The molecule has 0 radical (unpaired) electrons. The summed E-state index contributed by atoms with van der Waals surface area (Å²) >= 11 is 0. The van der Waals surface area contributed by atoms with Crippen molar-refractivity contribution >= 4 is 0 Å². The van der Waals surface area contributed by atoms with E-state index in [0.29, 0.717) is 13.2 Å². The second-order valence-corrected chi connectivity index (χ2v) is 4.90. The summed E-state index contributed by atoms with van der Waals surface area (Å²) in [5.74, 6) is 2.48. The lowest BCUT2D eigenvalue weighted by Gasteiger charge is -2.10. The molecule has 2 N–H and O–H groups in total. The zero-order chi connectivity index (χ0) is 15.4. The lowest BCUT2D eigenvalue weighted by molar-refractivity contribution is 0.328. The zero-order valence-corrected chi connectivity index (χ0v) is 12.4. The van der Waals surface area contributed by atoms with Crippen LogP contribution < -0.4 is 10.5 Å². The Kier molecular flexibility index (Phi) is 4.16. The van der Waals surface area contributed by atoms with Gasteiger partial charge in [0.05, 0.1) is 0 Å². The van der Waals surface area contributed by atoms with E-state index in [0.717, 1.165) is 28.6 Å². The van der Waals surface area contributed by atoms with Gasteiger partial charge in [-0.3, -0.25) is 4.57 Å². The Bertz CT molecular complexity index is 735. The van der Waals surface area contributed by atoms with Crippen LogP contribution in [0.1, 0.15) is 5.82 Å². The predicted octanol–water partition coefficient (Wildman–Crippen LogP) is 2.58. The van der Waals surface area contributed by atoms with E-state index in [-0.39, 0.29) is 0 Å². The molecule has 1 aromatic heterocycles. The summed E-state index contributed by atoms with van der Waals surface area (Å²) in [5, 5.41) is 8.51. The molecule has 0 aliphatic rings. The van der Waals surface area contributed by atoms with E-state index in [4.69, 9.17) is 10.5 Å². The number of hydrogen-bond acceptors (Lipinski definition) is 4. The molecule has 1 heterocycles. The number of rotatable bonds is 5. The van der Waals surface area contributed by atoms with Crippen LogP contribution in [0.2, 0.25) is 0 Å². The van der Waals surface area contributed by atoms with Crippen molar-refractivity contribution in [1.82, 2.24) is 14.8 Å². The van der Waals surface area contributed by atoms with E-state index < -0.39 is 0 Å². The number of ether oxygens (including phenoxy) is 1. The van der Waals surface area contributed by atoms with Gasteiger partial charge in [0.25, 0.3) is 0 Å². The van der Waals surface area contributed by atoms with Crippen molar-refractivity contribution in [2.45, 2.75) is 6.92 Å². The first-order valence-electron chi connectivity index (χ1n) is 7.20. The summed E-state index contributed by atoms with van der Waals surface area (Å²) in [6, 6.07) is 17.9. The van der Waals surface area contributed by atoms with E-state index >= 15 is 0 Å². The van der Waals surface area contributed by atoms with Gasteiger partial charge in [-0.15, -0.1) is 10.2 Å². The van der Waals surface area contributed by atoms with E-state index in [9.17, 15) is 0 Å². The van der Waals surface area contributed by atoms with Crippen molar-refractivity contribution < 1.29 is 4.74 Å². The Labute approximate surface area is 129 Å². The second-order valence-electron chi connectivity index (χ2n) is 4.90. The summed E-state index contributed by atoms with van der Waals surface area (Å²) < 4.78 is 7.54. The third-order valence-electron chi connectivity index (χ3n) is 3.34. The van der Waals surface area contributed by atoms with Crippen LogP contribution in [-0.4, -0.2) is 27.9 Å². The molecular weight excluding hydrogens is 276 g/mol. The Balaban J connectivity index is 1.97. The number of aryl methyl sites for hydroxylation is 1. The molecule has 0 spiro atoms. The number of benzene rings is 2. The minimum atomic E-state index is 0.504. The van der Waals surface area contributed by atoms with E-state index in [1.54, 1.807) is 0 Å². The molecule has 0 amide bonds. The molecule has 0 saturated heterocycles. The summed E-state index contributed by atoms with van der Waals surface area (Å²) in [4.78, 5) is 0. The predicted molar refractivity (Wildman–Crippen MR) is 86.1 cm³/mol. The van der Waals surface area contributed by atoms with Crippen molar-refractivity contribution in [3.63, 3.8) is 0 Å². The number of hydrogen-bond donors (Lipinski definition) is 1. The van der Waals surface area contributed by atoms with Gasteiger partial charge in [0.2, 0.25) is 0 Å². The maximum Gasteiger partial charge on any atom is 0.168 e. The van der Waals surface area contributed by atoms with E-state index in [1.807, 2.05) is 66.1 Å². The normalized spacial score (nSPS) is 10.6. The fraction of sp³-hybridized carbons (Fsp3) is 0.176. The molecule has 0 saturated carbocycles.